The standard InChI is InChI=1S/C17H34N2O/c1-13(2)15-7-9-19(11-15)16-6-5-8-17(10-16,12-20)18-14(3)4/h13-16,18,20H,5-12H2,1-4H3. The predicted molar refractivity (Wildman–Crippen MR) is 84.9 cm³/mol. The molecule has 0 aromatic carbocycles. The zero-order valence-electron chi connectivity index (χ0n) is 13.9. The van der Waals surface area contributed by atoms with Crippen LogP contribution in [-0.4, -0.2) is 47.3 Å². The Morgan fingerprint density at radius 3 is 2.55 bits per heavy atom. The van der Waals surface area contributed by atoms with E-state index in [0.29, 0.717) is 12.1 Å². The Kier molecular flexibility index (Phi) is 5.49. The average molecular weight is 282 g/mol. The molecule has 2 fully saturated rings. The molecule has 3 unspecified atom stereocenters. The van der Waals surface area contributed by atoms with Crippen LogP contribution in [0.4, 0.5) is 0 Å². The van der Waals surface area contributed by atoms with Crippen LogP contribution >= 0.6 is 0 Å². The Bertz CT molecular complexity index is 305. The molecule has 0 amide bonds. The summed E-state index contributed by atoms with van der Waals surface area (Å²) < 4.78 is 0. The SMILES string of the molecule is CC(C)NC1(CO)CCCC(N2CCC(C(C)C)C2)C1. The molecule has 20 heavy (non-hydrogen) atoms. The van der Waals surface area contributed by atoms with E-state index in [4.69, 9.17) is 0 Å². The van der Waals surface area contributed by atoms with Crippen molar-refractivity contribution in [1.82, 2.24) is 10.2 Å². The summed E-state index contributed by atoms with van der Waals surface area (Å²) in [5.74, 6) is 1.68. The fourth-order valence-corrected chi connectivity index (χ4v) is 4.27. The van der Waals surface area contributed by atoms with E-state index >= 15 is 0 Å². The first-order valence-electron chi connectivity index (χ1n) is 8.58. The molecule has 0 radical (unpaired) electrons. The van der Waals surface area contributed by atoms with Crippen LogP contribution < -0.4 is 5.32 Å². The molecule has 0 bridgehead atoms. The third-order valence-corrected chi connectivity index (χ3v) is 5.43. The van der Waals surface area contributed by atoms with Gasteiger partial charge >= 0.3 is 0 Å². The van der Waals surface area contributed by atoms with Gasteiger partial charge in [0.25, 0.3) is 0 Å². The van der Waals surface area contributed by atoms with Crippen LogP contribution in [0.25, 0.3) is 0 Å². The molecule has 1 heterocycles. The summed E-state index contributed by atoms with van der Waals surface area (Å²) in [6.07, 6.45) is 6.16. The molecule has 1 saturated heterocycles. The van der Waals surface area contributed by atoms with Crippen molar-refractivity contribution in [1.29, 1.82) is 0 Å². The first-order valence-corrected chi connectivity index (χ1v) is 8.58. The molecule has 2 N–H and O–H groups in total. The van der Waals surface area contributed by atoms with Crippen molar-refractivity contribution in [2.75, 3.05) is 19.7 Å². The van der Waals surface area contributed by atoms with E-state index in [9.17, 15) is 5.11 Å². The second-order valence-corrected chi connectivity index (χ2v) is 7.78. The molecular formula is C17H34N2O. The number of hydrogen-bond donors (Lipinski definition) is 2. The molecule has 2 aliphatic rings. The van der Waals surface area contributed by atoms with Crippen molar-refractivity contribution < 1.29 is 5.11 Å². The maximum Gasteiger partial charge on any atom is 0.0613 e. The monoisotopic (exact) mass is 282 g/mol. The summed E-state index contributed by atoms with van der Waals surface area (Å²) in [5, 5.41) is 13.6. The predicted octanol–water partition coefficient (Wildman–Crippen LogP) is 2.64. The molecule has 3 heteroatoms. The third-order valence-electron chi connectivity index (χ3n) is 5.43. The lowest BCUT2D eigenvalue weighted by Gasteiger charge is -2.44. The topological polar surface area (TPSA) is 35.5 Å². The minimum absolute atomic E-state index is 0.0347. The second-order valence-electron chi connectivity index (χ2n) is 7.78. The lowest BCUT2D eigenvalue weighted by atomic mass is 9.78. The van der Waals surface area contributed by atoms with Crippen LogP contribution in [0.2, 0.25) is 0 Å². The van der Waals surface area contributed by atoms with E-state index in [2.05, 4.69) is 37.9 Å². The molecule has 0 spiro atoms. The molecule has 118 valence electrons. The summed E-state index contributed by atoms with van der Waals surface area (Å²) in [5.41, 5.74) is -0.0347. The molecule has 1 aliphatic heterocycles. The maximum atomic E-state index is 9.91. The van der Waals surface area contributed by atoms with Gasteiger partial charge in [-0.15, -0.1) is 0 Å². The number of nitrogens with one attached hydrogen (secondary N) is 1. The van der Waals surface area contributed by atoms with Gasteiger partial charge in [0, 0.05) is 24.2 Å². The third kappa shape index (κ3) is 3.75. The fourth-order valence-electron chi connectivity index (χ4n) is 4.27. The van der Waals surface area contributed by atoms with Gasteiger partial charge in [0.05, 0.1) is 6.61 Å². The quantitative estimate of drug-likeness (QED) is 0.814. The summed E-state index contributed by atoms with van der Waals surface area (Å²) in [6, 6.07) is 1.12. The summed E-state index contributed by atoms with van der Waals surface area (Å²) >= 11 is 0. The van der Waals surface area contributed by atoms with Crippen molar-refractivity contribution in [2.45, 2.75) is 77.4 Å². The van der Waals surface area contributed by atoms with Crippen molar-refractivity contribution in [3.63, 3.8) is 0 Å². The first kappa shape index (κ1) is 16.3. The van der Waals surface area contributed by atoms with Crippen LogP contribution in [0.3, 0.4) is 0 Å². The van der Waals surface area contributed by atoms with Crippen molar-refractivity contribution >= 4 is 0 Å². The van der Waals surface area contributed by atoms with Crippen molar-refractivity contribution in [3.05, 3.63) is 0 Å². The normalized spacial score (nSPS) is 36.1. The van der Waals surface area contributed by atoms with Gasteiger partial charge in [0.2, 0.25) is 0 Å². The Hall–Kier alpha value is -0.120. The minimum Gasteiger partial charge on any atom is -0.394 e. The van der Waals surface area contributed by atoms with E-state index in [-0.39, 0.29) is 12.1 Å². The van der Waals surface area contributed by atoms with Crippen LogP contribution in [-0.2, 0) is 0 Å². The van der Waals surface area contributed by atoms with Gasteiger partial charge in [-0.2, -0.15) is 0 Å². The van der Waals surface area contributed by atoms with Gasteiger partial charge in [-0.05, 0) is 50.5 Å². The molecule has 0 aromatic rings. The Balaban J connectivity index is 1.96. The average Bonchev–Trinajstić information content (AvgIpc) is 2.88. The van der Waals surface area contributed by atoms with Crippen LogP contribution in [0, 0.1) is 11.8 Å². The van der Waals surface area contributed by atoms with Gasteiger partial charge in [-0.3, -0.25) is 0 Å². The van der Waals surface area contributed by atoms with Gasteiger partial charge < -0.3 is 15.3 Å². The smallest absolute Gasteiger partial charge is 0.0613 e. The van der Waals surface area contributed by atoms with Gasteiger partial charge in [0.1, 0.15) is 0 Å². The van der Waals surface area contributed by atoms with E-state index in [1.807, 2.05) is 0 Å². The van der Waals surface area contributed by atoms with Crippen LogP contribution in [0.1, 0.15) is 59.8 Å². The molecule has 3 atom stereocenters. The van der Waals surface area contributed by atoms with Gasteiger partial charge in [-0.1, -0.05) is 27.7 Å². The molecule has 3 nitrogen and oxygen atoms in total. The maximum absolute atomic E-state index is 9.91. The zero-order valence-corrected chi connectivity index (χ0v) is 13.9. The van der Waals surface area contributed by atoms with Crippen molar-refractivity contribution in [2.24, 2.45) is 11.8 Å². The highest BCUT2D eigenvalue weighted by Crippen LogP contribution is 2.35. The summed E-state index contributed by atoms with van der Waals surface area (Å²) in [7, 11) is 0. The summed E-state index contributed by atoms with van der Waals surface area (Å²) in [4.78, 5) is 2.70. The number of nitrogens with zero attached hydrogens (tertiary/aromatic N) is 1. The molecular weight excluding hydrogens is 248 g/mol. The minimum atomic E-state index is -0.0347. The van der Waals surface area contributed by atoms with Crippen molar-refractivity contribution in [3.8, 4) is 0 Å². The zero-order chi connectivity index (χ0) is 14.8. The molecule has 2 rings (SSSR count). The molecule has 0 aromatic heterocycles. The number of rotatable bonds is 5. The highest BCUT2D eigenvalue weighted by Gasteiger charge is 2.40. The Morgan fingerprint density at radius 1 is 1.25 bits per heavy atom. The van der Waals surface area contributed by atoms with Crippen LogP contribution in [0.15, 0.2) is 0 Å². The Morgan fingerprint density at radius 2 is 2.00 bits per heavy atom. The molecule has 1 aliphatic carbocycles. The van der Waals surface area contributed by atoms with E-state index < -0.39 is 0 Å². The number of aliphatic hydroxyl groups excluding tert-OH is 1. The number of aliphatic hydroxyl groups is 1. The van der Waals surface area contributed by atoms with E-state index in [1.54, 1.807) is 0 Å². The highest BCUT2D eigenvalue weighted by molar-refractivity contribution is 4.98. The summed E-state index contributed by atoms with van der Waals surface area (Å²) in [6.45, 7) is 11.9. The van der Waals surface area contributed by atoms with Gasteiger partial charge in [-0.25, -0.2) is 0 Å². The number of hydrogen-bond acceptors (Lipinski definition) is 3. The van der Waals surface area contributed by atoms with Crippen LogP contribution in [0.5, 0.6) is 0 Å². The van der Waals surface area contributed by atoms with E-state index in [0.717, 1.165) is 24.7 Å². The first-order chi connectivity index (χ1) is 9.46. The number of likely N-dealkylation sites (tertiary alicyclic amines) is 1. The fraction of sp³-hybridized carbons (Fsp3) is 1.00. The van der Waals surface area contributed by atoms with E-state index in [1.165, 1.54) is 32.4 Å². The highest BCUT2D eigenvalue weighted by atomic mass is 16.3. The second kappa shape index (κ2) is 6.76. The Labute approximate surface area is 125 Å². The van der Waals surface area contributed by atoms with Gasteiger partial charge in [0.15, 0.2) is 0 Å². The molecule has 1 saturated carbocycles. The lowest BCUT2D eigenvalue weighted by Crippen LogP contribution is -2.57. The lowest BCUT2D eigenvalue weighted by molar-refractivity contribution is 0.0611. The largest absolute Gasteiger partial charge is 0.394 e.